The average molecular weight is 320 g/mol. The number of carbonyl (C=O) groups is 1. The number of amides is 1. The molecule has 0 bridgehead atoms. The van der Waals surface area contributed by atoms with E-state index in [0.717, 1.165) is 11.8 Å². The summed E-state index contributed by atoms with van der Waals surface area (Å²) in [7, 11) is 0. The van der Waals surface area contributed by atoms with Crippen LogP contribution in [0.5, 0.6) is 0 Å². The zero-order valence-electron chi connectivity index (χ0n) is 10.6. The predicted molar refractivity (Wildman–Crippen MR) is 67.6 cm³/mol. The molecular weight excluding hydrogens is 309 g/mol. The monoisotopic (exact) mass is 320 g/mol. The molecule has 10 heteroatoms. The minimum atomic E-state index is -4.42. The maximum atomic E-state index is 11.9. The minimum Gasteiger partial charge on any atom is -0.467 e. The summed E-state index contributed by atoms with van der Waals surface area (Å²) in [5.74, 6) is -0.213. The Morgan fingerprint density at radius 2 is 2.29 bits per heavy atom. The first-order chi connectivity index (χ1) is 9.94. The first kappa shape index (κ1) is 15.4. The van der Waals surface area contributed by atoms with Crippen molar-refractivity contribution < 1.29 is 22.4 Å². The molecule has 2 heterocycles. The van der Waals surface area contributed by atoms with E-state index in [1.807, 2.05) is 0 Å². The molecule has 21 heavy (non-hydrogen) atoms. The van der Waals surface area contributed by atoms with Crippen molar-refractivity contribution >= 4 is 17.7 Å². The molecule has 1 amide bonds. The summed E-state index contributed by atoms with van der Waals surface area (Å²) in [6.07, 6.45) is -1.44. The molecular formula is C11H11F3N4O2S. The summed E-state index contributed by atoms with van der Waals surface area (Å²) in [4.78, 5) is 11.3. The molecule has 2 aromatic rings. The van der Waals surface area contributed by atoms with Gasteiger partial charge in [-0.1, -0.05) is 11.8 Å². The number of rotatable bonds is 6. The van der Waals surface area contributed by atoms with Gasteiger partial charge in [0.2, 0.25) is 5.91 Å². The minimum absolute atomic E-state index is 0.174. The Hall–Kier alpha value is -1.97. The number of nitrogens with zero attached hydrogens (tertiary/aromatic N) is 3. The van der Waals surface area contributed by atoms with Crippen LogP contribution in [0.25, 0.3) is 0 Å². The molecule has 0 atom stereocenters. The van der Waals surface area contributed by atoms with Gasteiger partial charge in [-0.2, -0.15) is 13.2 Å². The van der Waals surface area contributed by atoms with Gasteiger partial charge >= 0.3 is 6.18 Å². The van der Waals surface area contributed by atoms with E-state index in [9.17, 15) is 18.0 Å². The van der Waals surface area contributed by atoms with Gasteiger partial charge in [0.25, 0.3) is 0 Å². The fourth-order valence-corrected chi connectivity index (χ4v) is 2.16. The third kappa shape index (κ3) is 5.14. The number of hydrogen-bond donors (Lipinski definition) is 1. The highest BCUT2D eigenvalue weighted by molar-refractivity contribution is 7.99. The summed E-state index contributed by atoms with van der Waals surface area (Å²) < 4.78 is 42.7. The van der Waals surface area contributed by atoms with E-state index in [0.29, 0.717) is 17.5 Å². The lowest BCUT2D eigenvalue weighted by Gasteiger charge is -2.08. The van der Waals surface area contributed by atoms with Crippen molar-refractivity contribution in [3.05, 3.63) is 30.5 Å². The van der Waals surface area contributed by atoms with Crippen LogP contribution >= 0.6 is 11.8 Å². The highest BCUT2D eigenvalue weighted by Crippen LogP contribution is 2.17. The highest BCUT2D eigenvalue weighted by atomic mass is 32.2. The molecule has 114 valence electrons. The predicted octanol–water partition coefficient (Wildman–Crippen LogP) is 1.69. The zero-order valence-corrected chi connectivity index (χ0v) is 11.4. The number of thioether (sulfide) groups is 1. The quantitative estimate of drug-likeness (QED) is 0.820. The summed E-state index contributed by atoms with van der Waals surface area (Å²) in [6, 6.07) is 3.50. The van der Waals surface area contributed by atoms with E-state index in [1.54, 1.807) is 22.0 Å². The highest BCUT2D eigenvalue weighted by Gasteiger charge is 2.27. The van der Waals surface area contributed by atoms with Crippen LogP contribution in [0.1, 0.15) is 5.76 Å². The molecule has 0 fully saturated rings. The number of furan rings is 1. The molecule has 0 saturated carbocycles. The third-order valence-corrected chi connectivity index (χ3v) is 3.29. The number of alkyl halides is 3. The van der Waals surface area contributed by atoms with Gasteiger partial charge in [0.1, 0.15) is 18.6 Å². The molecule has 0 unspecified atom stereocenters. The van der Waals surface area contributed by atoms with Gasteiger partial charge in [-0.15, -0.1) is 10.2 Å². The molecule has 0 spiro atoms. The molecule has 0 aromatic carbocycles. The van der Waals surface area contributed by atoms with Crippen molar-refractivity contribution in [1.82, 2.24) is 20.1 Å². The molecule has 1 N–H and O–H groups in total. The van der Waals surface area contributed by atoms with Gasteiger partial charge in [0, 0.05) is 0 Å². The van der Waals surface area contributed by atoms with Crippen LogP contribution in [0, 0.1) is 0 Å². The van der Waals surface area contributed by atoms with Crippen LogP contribution in [0.15, 0.2) is 34.3 Å². The fraction of sp³-hybridized carbons (Fsp3) is 0.364. The summed E-state index contributed by atoms with van der Waals surface area (Å²) in [5.41, 5.74) is 0. The van der Waals surface area contributed by atoms with Crippen LogP contribution in [0.2, 0.25) is 0 Å². The average Bonchev–Trinajstić information content (AvgIpc) is 3.05. The first-order valence-corrected chi connectivity index (χ1v) is 6.79. The zero-order chi connectivity index (χ0) is 15.3. The third-order valence-electron chi connectivity index (χ3n) is 2.30. The Balaban J connectivity index is 1.84. The van der Waals surface area contributed by atoms with Gasteiger partial charge in [0.05, 0.1) is 18.6 Å². The Morgan fingerprint density at radius 3 is 2.95 bits per heavy atom. The fourth-order valence-electron chi connectivity index (χ4n) is 1.41. The van der Waals surface area contributed by atoms with Crippen molar-refractivity contribution in [3.63, 3.8) is 0 Å². The van der Waals surface area contributed by atoms with Gasteiger partial charge in [-0.3, -0.25) is 4.79 Å². The molecule has 6 nitrogen and oxygen atoms in total. The lowest BCUT2D eigenvalue weighted by atomic mass is 10.4. The van der Waals surface area contributed by atoms with Gasteiger partial charge < -0.3 is 14.3 Å². The lowest BCUT2D eigenvalue weighted by molar-refractivity contribution is -0.136. The maximum absolute atomic E-state index is 11.9. The van der Waals surface area contributed by atoms with E-state index in [2.05, 4.69) is 10.2 Å². The van der Waals surface area contributed by atoms with Crippen LogP contribution in [-0.2, 0) is 11.3 Å². The van der Waals surface area contributed by atoms with Crippen molar-refractivity contribution in [1.29, 1.82) is 0 Å². The number of aromatic nitrogens is 3. The Labute approximate surface area is 121 Å². The van der Waals surface area contributed by atoms with E-state index in [4.69, 9.17) is 4.42 Å². The SMILES string of the molecule is O=C(CSc1nncn1Cc1ccco1)NCC(F)(F)F. The van der Waals surface area contributed by atoms with Gasteiger partial charge in [0.15, 0.2) is 5.16 Å². The topological polar surface area (TPSA) is 73.0 Å². The Bertz CT molecular complexity index is 583. The molecule has 0 radical (unpaired) electrons. The van der Waals surface area contributed by atoms with Crippen LogP contribution in [0.3, 0.4) is 0 Å². The maximum Gasteiger partial charge on any atom is 0.405 e. The first-order valence-electron chi connectivity index (χ1n) is 5.80. The number of carbonyl (C=O) groups excluding carboxylic acids is 1. The second-order valence-corrected chi connectivity index (χ2v) is 4.94. The molecule has 0 saturated heterocycles. The largest absolute Gasteiger partial charge is 0.467 e. The smallest absolute Gasteiger partial charge is 0.405 e. The number of halogens is 3. The molecule has 2 aromatic heterocycles. The second-order valence-electron chi connectivity index (χ2n) is 4.00. The summed E-state index contributed by atoms with van der Waals surface area (Å²) in [5, 5.41) is 9.73. The van der Waals surface area contributed by atoms with E-state index >= 15 is 0 Å². The van der Waals surface area contributed by atoms with E-state index < -0.39 is 18.6 Å². The van der Waals surface area contributed by atoms with E-state index in [1.165, 1.54) is 12.6 Å². The number of hydrogen-bond acceptors (Lipinski definition) is 5. The molecule has 0 aliphatic heterocycles. The van der Waals surface area contributed by atoms with Crippen molar-refractivity contribution in [2.24, 2.45) is 0 Å². The van der Waals surface area contributed by atoms with Gasteiger partial charge in [-0.25, -0.2) is 0 Å². The van der Waals surface area contributed by atoms with Gasteiger partial charge in [-0.05, 0) is 12.1 Å². The number of nitrogens with one attached hydrogen (secondary N) is 1. The normalized spacial score (nSPS) is 11.6. The Morgan fingerprint density at radius 1 is 1.48 bits per heavy atom. The standard InChI is InChI=1S/C11H11F3N4O2S/c12-11(13,14)6-15-9(19)5-21-10-17-16-7-18(10)4-8-2-1-3-20-8/h1-3,7H,4-6H2,(H,15,19). The second kappa shape index (κ2) is 6.66. The van der Waals surface area contributed by atoms with Crippen LogP contribution in [0.4, 0.5) is 13.2 Å². The van der Waals surface area contributed by atoms with Crippen LogP contribution in [-0.4, -0.2) is 39.1 Å². The van der Waals surface area contributed by atoms with Crippen molar-refractivity contribution in [3.8, 4) is 0 Å². The molecule has 0 aliphatic carbocycles. The molecule has 0 aliphatic rings. The lowest BCUT2D eigenvalue weighted by Crippen LogP contribution is -2.34. The summed E-state index contributed by atoms with van der Waals surface area (Å²) >= 11 is 1.00. The van der Waals surface area contributed by atoms with Crippen molar-refractivity contribution in [2.75, 3.05) is 12.3 Å². The Kier molecular flexibility index (Phi) is 4.89. The van der Waals surface area contributed by atoms with E-state index in [-0.39, 0.29) is 5.75 Å². The van der Waals surface area contributed by atoms with Crippen molar-refractivity contribution in [2.45, 2.75) is 17.9 Å². The molecule has 2 rings (SSSR count). The summed E-state index contributed by atoms with van der Waals surface area (Å²) in [6.45, 7) is -0.960. The van der Waals surface area contributed by atoms with Crippen LogP contribution < -0.4 is 5.32 Å².